The first kappa shape index (κ1) is 22.0. The number of hydrogen-bond donors (Lipinski definition) is 2. The number of esters is 1. The molecule has 0 aromatic heterocycles. The summed E-state index contributed by atoms with van der Waals surface area (Å²) in [7, 11) is 0. The molecule has 2 aromatic rings. The van der Waals surface area contributed by atoms with Gasteiger partial charge < -0.3 is 10.1 Å². The summed E-state index contributed by atoms with van der Waals surface area (Å²) in [6, 6.07) is 16.8. The predicted octanol–water partition coefficient (Wildman–Crippen LogP) is 2.49. The number of hydrazine groups is 1. The van der Waals surface area contributed by atoms with E-state index in [1.54, 1.807) is 60.7 Å². The second kappa shape index (κ2) is 8.59. The van der Waals surface area contributed by atoms with E-state index in [9.17, 15) is 19.2 Å². The van der Waals surface area contributed by atoms with Crippen LogP contribution in [-0.4, -0.2) is 35.4 Å². The maximum absolute atomic E-state index is 13.4. The van der Waals surface area contributed by atoms with Crippen molar-refractivity contribution in [3.63, 3.8) is 0 Å². The van der Waals surface area contributed by atoms with Crippen LogP contribution < -0.4 is 10.7 Å². The van der Waals surface area contributed by atoms with Crippen molar-refractivity contribution in [2.24, 2.45) is 5.41 Å². The lowest BCUT2D eigenvalue weighted by molar-refractivity contribution is -0.152. The summed E-state index contributed by atoms with van der Waals surface area (Å²) >= 11 is 0. The molecule has 0 atom stereocenters. The van der Waals surface area contributed by atoms with E-state index >= 15 is 0 Å². The van der Waals surface area contributed by atoms with Crippen molar-refractivity contribution in [1.82, 2.24) is 15.8 Å². The van der Waals surface area contributed by atoms with Crippen LogP contribution >= 0.6 is 0 Å². The first-order chi connectivity index (χ1) is 14.6. The molecule has 0 aliphatic carbocycles. The Kier molecular flexibility index (Phi) is 6.10. The lowest BCUT2D eigenvalue weighted by Crippen LogP contribution is -2.50. The largest absolute Gasteiger partial charge is 0.455 e. The number of carbonyl (C=O) groups is 4. The molecule has 0 bridgehead atoms. The number of ether oxygens (including phenoxy) is 1. The SMILES string of the molecule is CC(C)(C)CC(=O)OCC(=O)NN1C(=O)NC(c2ccccc2)(c2ccccc2)C1=O. The van der Waals surface area contributed by atoms with E-state index in [2.05, 4.69) is 10.7 Å². The summed E-state index contributed by atoms with van der Waals surface area (Å²) in [5.41, 5.74) is 1.57. The molecule has 31 heavy (non-hydrogen) atoms. The van der Waals surface area contributed by atoms with Crippen LogP contribution in [0.25, 0.3) is 0 Å². The third kappa shape index (κ3) is 4.74. The maximum atomic E-state index is 13.4. The average molecular weight is 423 g/mol. The summed E-state index contributed by atoms with van der Waals surface area (Å²) in [5, 5.41) is 3.34. The number of rotatable bonds is 6. The second-order valence-electron chi connectivity index (χ2n) is 8.49. The second-order valence-corrected chi connectivity index (χ2v) is 8.49. The molecule has 0 unspecified atom stereocenters. The minimum absolute atomic E-state index is 0.133. The van der Waals surface area contributed by atoms with Crippen LogP contribution in [0.3, 0.4) is 0 Å². The van der Waals surface area contributed by atoms with Crippen molar-refractivity contribution in [3.8, 4) is 0 Å². The van der Waals surface area contributed by atoms with E-state index in [1.807, 2.05) is 20.8 Å². The summed E-state index contributed by atoms with van der Waals surface area (Å²) in [6.45, 7) is 5.01. The Bertz CT molecular complexity index is 944. The Morgan fingerprint density at radius 1 is 0.968 bits per heavy atom. The van der Waals surface area contributed by atoms with E-state index in [1.165, 1.54) is 0 Å². The van der Waals surface area contributed by atoms with Crippen molar-refractivity contribution < 1.29 is 23.9 Å². The fourth-order valence-electron chi connectivity index (χ4n) is 3.35. The van der Waals surface area contributed by atoms with Gasteiger partial charge in [0.25, 0.3) is 11.8 Å². The molecule has 0 saturated carbocycles. The van der Waals surface area contributed by atoms with Crippen molar-refractivity contribution in [2.45, 2.75) is 32.7 Å². The number of nitrogens with zero attached hydrogens (tertiary/aromatic N) is 1. The lowest BCUT2D eigenvalue weighted by Gasteiger charge is -2.27. The maximum Gasteiger partial charge on any atom is 0.344 e. The van der Waals surface area contributed by atoms with Gasteiger partial charge in [0.05, 0.1) is 6.42 Å². The molecule has 162 valence electrons. The molecule has 1 saturated heterocycles. The summed E-state index contributed by atoms with van der Waals surface area (Å²) in [6.07, 6.45) is 0.133. The van der Waals surface area contributed by atoms with E-state index in [0.717, 1.165) is 0 Å². The van der Waals surface area contributed by atoms with E-state index in [4.69, 9.17) is 4.74 Å². The van der Waals surface area contributed by atoms with Gasteiger partial charge in [-0.25, -0.2) is 4.79 Å². The number of benzene rings is 2. The van der Waals surface area contributed by atoms with Crippen molar-refractivity contribution in [2.75, 3.05) is 6.61 Å². The van der Waals surface area contributed by atoms with Crippen molar-refractivity contribution in [3.05, 3.63) is 71.8 Å². The smallest absolute Gasteiger partial charge is 0.344 e. The van der Waals surface area contributed by atoms with Gasteiger partial charge in [-0.1, -0.05) is 81.4 Å². The molecule has 0 spiro atoms. The minimum atomic E-state index is -1.49. The molecule has 1 aliphatic rings. The van der Waals surface area contributed by atoms with Gasteiger partial charge in [-0.05, 0) is 16.5 Å². The number of amides is 4. The number of imide groups is 1. The van der Waals surface area contributed by atoms with Crippen molar-refractivity contribution in [1.29, 1.82) is 0 Å². The number of urea groups is 1. The van der Waals surface area contributed by atoms with Crippen LogP contribution in [0.4, 0.5) is 4.79 Å². The first-order valence-corrected chi connectivity index (χ1v) is 9.86. The zero-order valence-electron chi connectivity index (χ0n) is 17.7. The highest BCUT2D eigenvalue weighted by atomic mass is 16.5. The quantitative estimate of drug-likeness (QED) is 0.549. The molecule has 4 amide bonds. The molecule has 1 heterocycles. The molecule has 8 heteroatoms. The minimum Gasteiger partial charge on any atom is -0.455 e. The standard InChI is InChI=1S/C23H25N3O5/c1-22(2,3)14-19(28)31-15-18(27)25-26-20(29)23(24-21(26)30,16-10-6-4-7-11-16)17-12-8-5-9-13-17/h4-13H,14-15H2,1-3H3,(H,24,30)(H,25,27). The van der Waals surface area contributed by atoms with Gasteiger partial charge in [-0.15, -0.1) is 0 Å². The average Bonchev–Trinajstić information content (AvgIpc) is 2.98. The Labute approximate surface area is 180 Å². The van der Waals surface area contributed by atoms with Gasteiger partial charge >= 0.3 is 12.0 Å². The Morgan fingerprint density at radius 3 is 1.97 bits per heavy atom. The van der Waals surface area contributed by atoms with Gasteiger partial charge in [0.15, 0.2) is 12.1 Å². The zero-order chi connectivity index (χ0) is 22.6. The lowest BCUT2D eigenvalue weighted by atomic mass is 9.83. The highest BCUT2D eigenvalue weighted by molar-refractivity contribution is 6.10. The predicted molar refractivity (Wildman–Crippen MR) is 112 cm³/mol. The molecule has 8 nitrogen and oxygen atoms in total. The van der Waals surface area contributed by atoms with Gasteiger partial charge in [-0.2, -0.15) is 5.01 Å². The number of nitrogens with one attached hydrogen (secondary N) is 2. The fourth-order valence-corrected chi connectivity index (χ4v) is 3.35. The van der Waals surface area contributed by atoms with Crippen LogP contribution in [0.1, 0.15) is 38.3 Å². The van der Waals surface area contributed by atoms with E-state index in [-0.39, 0.29) is 11.8 Å². The summed E-state index contributed by atoms with van der Waals surface area (Å²) < 4.78 is 4.96. The molecule has 2 aromatic carbocycles. The third-order valence-corrected chi connectivity index (χ3v) is 4.71. The normalized spacial score (nSPS) is 15.4. The topological polar surface area (TPSA) is 105 Å². The Morgan fingerprint density at radius 2 is 1.48 bits per heavy atom. The highest BCUT2D eigenvalue weighted by Crippen LogP contribution is 2.35. The number of carbonyl (C=O) groups excluding carboxylic acids is 4. The Balaban J connectivity index is 1.80. The molecular weight excluding hydrogens is 398 g/mol. The third-order valence-electron chi connectivity index (χ3n) is 4.71. The zero-order valence-corrected chi connectivity index (χ0v) is 17.7. The van der Waals surface area contributed by atoms with Gasteiger partial charge in [0.1, 0.15) is 0 Å². The number of hydrogen-bond acceptors (Lipinski definition) is 5. The molecule has 1 aliphatic heterocycles. The summed E-state index contributed by atoms with van der Waals surface area (Å²) in [5.74, 6) is -1.99. The summed E-state index contributed by atoms with van der Waals surface area (Å²) in [4.78, 5) is 50.2. The van der Waals surface area contributed by atoms with Crippen LogP contribution in [0.15, 0.2) is 60.7 Å². The van der Waals surface area contributed by atoms with E-state index < -0.39 is 36.0 Å². The van der Waals surface area contributed by atoms with E-state index in [0.29, 0.717) is 16.1 Å². The molecular formula is C23H25N3O5. The van der Waals surface area contributed by atoms with Gasteiger partial charge in [0.2, 0.25) is 0 Å². The molecule has 2 N–H and O–H groups in total. The first-order valence-electron chi connectivity index (χ1n) is 9.86. The van der Waals surface area contributed by atoms with Crippen molar-refractivity contribution >= 4 is 23.8 Å². The van der Waals surface area contributed by atoms with Crippen LogP contribution in [0.2, 0.25) is 0 Å². The highest BCUT2D eigenvalue weighted by Gasteiger charge is 2.54. The monoisotopic (exact) mass is 423 g/mol. The molecule has 1 fully saturated rings. The van der Waals surface area contributed by atoms with Gasteiger partial charge in [-0.3, -0.25) is 19.8 Å². The van der Waals surface area contributed by atoms with Gasteiger partial charge in [0, 0.05) is 0 Å². The van der Waals surface area contributed by atoms with Crippen LogP contribution in [-0.2, 0) is 24.7 Å². The fraction of sp³-hybridized carbons (Fsp3) is 0.304. The van der Waals surface area contributed by atoms with Crippen LogP contribution in [0, 0.1) is 5.41 Å². The van der Waals surface area contributed by atoms with Crippen LogP contribution in [0.5, 0.6) is 0 Å². The Hall–Kier alpha value is -3.68. The molecule has 0 radical (unpaired) electrons. The molecule has 3 rings (SSSR count).